The molecule has 0 atom stereocenters. The number of likely N-dealkylation sites (tertiary alicyclic amines) is 1. The average molecular weight is 220 g/mol. The van der Waals surface area contributed by atoms with E-state index in [4.69, 9.17) is 5.84 Å². The van der Waals surface area contributed by atoms with Gasteiger partial charge in [0.15, 0.2) is 0 Å². The molecule has 1 saturated heterocycles. The molecular formula is C12H20N4. The second-order valence-corrected chi connectivity index (χ2v) is 4.99. The van der Waals surface area contributed by atoms with Crippen molar-refractivity contribution >= 4 is 5.82 Å². The van der Waals surface area contributed by atoms with Crippen LogP contribution in [0.1, 0.15) is 32.3 Å². The molecule has 1 aliphatic rings. The van der Waals surface area contributed by atoms with Gasteiger partial charge in [-0.15, -0.1) is 0 Å². The summed E-state index contributed by atoms with van der Waals surface area (Å²) in [6.45, 7) is 6.67. The van der Waals surface area contributed by atoms with Crippen molar-refractivity contribution < 1.29 is 0 Å². The fourth-order valence-corrected chi connectivity index (χ4v) is 2.36. The van der Waals surface area contributed by atoms with Crippen LogP contribution in [0.15, 0.2) is 18.3 Å². The summed E-state index contributed by atoms with van der Waals surface area (Å²) in [6.07, 6.45) is 4.30. The number of nitrogens with zero attached hydrogens (tertiary/aromatic N) is 2. The van der Waals surface area contributed by atoms with Gasteiger partial charge >= 0.3 is 0 Å². The first-order valence-corrected chi connectivity index (χ1v) is 5.79. The second kappa shape index (κ2) is 4.39. The van der Waals surface area contributed by atoms with E-state index in [2.05, 4.69) is 35.2 Å². The van der Waals surface area contributed by atoms with Gasteiger partial charge in [0, 0.05) is 23.8 Å². The molecule has 0 bridgehead atoms. The minimum atomic E-state index is 0.293. The van der Waals surface area contributed by atoms with Gasteiger partial charge < -0.3 is 5.43 Å². The van der Waals surface area contributed by atoms with Gasteiger partial charge in [0.2, 0.25) is 0 Å². The Kier molecular flexibility index (Phi) is 3.12. The van der Waals surface area contributed by atoms with Gasteiger partial charge in [0.1, 0.15) is 5.82 Å². The minimum Gasteiger partial charge on any atom is -0.308 e. The van der Waals surface area contributed by atoms with E-state index in [9.17, 15) is 0 Å². The molecule has 1 aromatic rings. The van der Waals surface area contributed by atoms with E-state index in [1.54, 1.807) is 6.20 Å². The molecule has 1 aromatic heterocycles. The molecule has 0 unspecified atom stereocenters. The predicted octanol–water partition coefficient (Wildman–Crippen LogP) is 1.74. The molecule has 0 aliphatic carbocycles. The molecule has 88 valence electrons. The Morgan fingerprint density at radius 3 is 3.00 bits per heavy atom. The first-order chi connectivity index (χ1) is 7.63. The Balaban J connectivity index is 2.14. The van der Waals surface area contributed by atoms with E-state index in [0.29, 0.717) is 5.54 Å². The summed E-state index contributed by atoms with van der Waals surface area (Å²) >= 11 is 0. The van der Waals surface area contributed by atoms with E-state index in [0.717, 1.165) is 18.9 Å². The van der Waals surface area contributed by atoms with Crippen LogP contribution in [0.25, 0.3) is 0 Å². The topological polar surface area (TPSA) is 54.2 Å². The Morgan fingerprint density at radius 2 is 2.38 bits per heavy atom. The third-order valence-corrected chi connectivity index (χ3v) is 3.46. The lowest BCUT2D eigenvalue weighted by Crippen LogP contribution is -2.37. The number of aromatic nitrogens is 1. The molecule has 0 aromatic carbocycles. The van der Waals surface area contributed by atoms with Crippen molar-refractivity contribution in [3.8, 4) is 0 Å². The van der Waals surface area contributed by atoms with Crippen LogP contribution >= 0.6 is 0 Å². The van der Waals surface area contributed by atoms with Gasteiger partial charge in [-0.2, -0.15) is 0 Å². The summed E-state index contributed by atoms with van der Waals surface area (Å²) in [4.78, 5) is 6.72. The van der Waals surface area contributed by atoms with Gasteiger partial charge in [-0.3, -0.25) is 4.90 Å². The quantitative estimate of drug-likeness (QED) is 0.602. The monoisotopic (exact) mass is 220 g/mol. The molecule has 0 spiro atoms. The lowest BCUT2D eigenvalue weighted by Gasteiger charge is -2.31. The van der Waals surface area contributed by atoms with Crippen LogP contribution in [-0.2, 0) is 6.54 Å². The van der Waals surface area contributed by atoms with Crippen LogP contribution in [0.2, 0.25) is 0 Å². The number of pyridine rings is 1. The van der Waals surface area contributed by atoms with Crippen LogP contribution in [0.4, 0.5) is 5.82 Å². The number of hydrogen-bond acceptors (Lipinski definition) is 4. The molecule has 2 heterocycles. The van der Waals surface area contributed by atoms with E-state index in [1.807, 2.05) is 6.07 Å². The van der Waals surface area contributed by atoms with Crippen molar-refractivity contribution in [3.63, 3.8) is 0 Å². The van der Waals surface area contributed by atoms with Crippen LogP contribution in [0, 0.1) is 0 Å². The molecule has 4 heteroatoms. The summed E-state index contributed by atoms with van der Waals surface area (Å²) in [5, 5.41) is 0. The standard InChI is InChI=1S/C12H20N4/c1-12(2)6-4-8-16(12)9-10-5-3-7-14-11(10)15-13/h3,5,7H,4,6,8-9,13H2,1-2H3,(H,14,15). The lowest BCUT2D eigenvalue weighted by molar-refractivity contribution is 0.166. The number of nitrogens with two attached hydrogens (primary N) is 1. The Bertz CT molecular complexity index is 362. The molecule has 0 saturated carbocycles. The van der Waals surface area contributed by atoms with Crippen molar-refractivity contribution in [3.05, 3.63) is 23.9 Å². The maximum absolute atomic E-state index is 5.46. The summed E-state index contributed by atoms with van der Waals surface area (Å²) in [6, 6.07) is 4.04. The fraction of sp³-hybridized carbons (Fsp3) is 0.583. The highest BCUT2D eigenvalue weighted by Crippen LogP contribution is 2.30. The highest BCUT2D eigenvalue weighted by atomic mass is 15.3. The molecule has 2 rings (SSSR count). The van der Waals surface area contributed by atoms with Crippen LogP contribution < -0.4 is 11.3 Å². The van der Waals surface area contributed by atoms with E-state index in [1.165, 1.54) is 18.4 Å². The smallest absolute Gasteiger partial charge is 0.144 e. The Hall–Kier alpha value is -1.13. The van der Waals surface area contributed by atoms with Crippen LogP contribution in [-0.4, -0.2) is 22.0 Å². The first-order valence-electron chi connectivity index (χ1n) is 5.79. The van der Waals surface area contributed by atoms with Crippen molar-refractivity contribution in [2.45, 2.75) is 38.8 Å². The zero-order valence-electron chi connectivity index (χ0n) is 10.0. The third kappa shape index (κ3) is 2.18. The van der Waals surface area contributed by atoms with Gasteiger partial charge in [-0.1, -0.05) is 6.07 Å². The van der Waals surface area contributed by atoms with Crippen molar-refractivity contribution in [1.82, 2.24) is 9.88 Å². The van der Waals surface area contributed by atoms with Gasteiger partial charge in [-0.05, 0) is 39.3 Å². The Morgan fingerprint density at radius 1 is 1.56 bits per heavy atom. The summed E-state index contributed by atoms with van der Waals surface area (Å²) < 4.78 is 0. The largest absolute Gasteiger partial charge is 0.308 e. The van der Waals surface area contributed by atoms with Crippen molar-refractivity contribution in [1.29, 1.82) is 0 Å². The van der Waals surface area contributed by atoms with Crippen LogP contribution in [0.5, 0.6) is 0 Å². The lowest BCUT2D eigenvalue weighted by atomic mass is 10.0. The first kappa shape index (κ1) is 11.4. The number of rotatable bonds is 3. The average Bonchev–Trinajstić information content (AvgIpc) is 2.59. The number of nitrogens with one attached hydrogen (secondary N) is 1. The molecular weight excluding hydrogens is 200 g/mol. The van der Waals surface area contributed by atoms with Gasteiger partial charge in [0.05, 0.1) is 0 Å². The van der Waals surface area contributed by atoms with Gasteiger partial charge in [-0.25, -0.2) is 10.8 Å². The SMILES string of the molecule is CC1(C)CCCN1Cc1cccnc1NN. The van der Waals surface area contributed by atoms with Crippen molar-refractivity contribution in [2.24, 2.45) is 5.84 Å². The zero-order chi connectivity index (χ0) is 11.6. The van der Waals surface area contributed by atoms with E-state index >= 15 is 0 Å². The highest BCUT2D eigenvalue weighted by molar-refractivity contribution is 5.42. The number of hydrogen-bond donors (Lipinski definition) is 2. The summed E-state index contributed by atoms with van der Waals surface area (Å²) in [5.74, 6) is 6.24. The molecule has 0 amide bonds. The van der Waals surface area contributed by atoms with E-state index < -0.39 is 0 Å². The molecule has 16 heavy (non-hydrogen) atoms. The zero-order valence-corrected chi connectivity index (χ0v) is 10.0. The van der Waals surface area contributed by atoms with Crippen molar-refractivity contribution in [2.75, 3.05) is 12.0 Å². The number of nitrogen functional groups attached to an aromatic ring is 1. The third-order valence-electron chi connectivity index (χ3n) is 3.46. The maximum Gasteiger partial charge on any atom is 0.144 e. The summed E-state index contributed by atoms with van der Waals surface area (Å²) in [5.41, 5.74) is 4.12. The molecule has 4 nitrogen and oxygen atoms in total. The van der Waals surface area contributed by atoms with Gasteiger partial charge in [0.25, 0.3) is 0 Å². The maximum atomic E-state index is 5.46. The molecule has 0 radical (unpaired) electrons. The number of anilines is 1. The number of hydrazine groups is 1. The van der Waals surface area contributed by atoms with Crippen LogP contribution in [0.3, 0.4) is 0 Å². The van der Waals surface area contributed by atoms with E-state index in [-0.39, 0.29) is 0 Å². The molecule has 3 N–H and O–H groups in total. The fourth-order valence-electron chi connectivity index (χ4n) is 2.36. The molecule has 1 fully saturated rings. The normalized spacial score (nSPS) is 19.9. The summed E-state index contributed by atoms with van der Waals surface area (Å²) in [7, 11) is 0. The molecule has 1 aliphatic heterocycles. The second-order valence-electron chi connectivity index (χ2n) is 4.99. The Labute approximate surface area is 96.8 Å². The minimum absolute atomic E-state index is 0.293. The highest BCUT2D eigenvalue weighted by Gasteiger charge is 2.31. The predicted molar refractivity (Wildman–Crippen MR) is 65.8 cm³/mol.